The monoisotopic (exact) mass is 162 g/mol. The van der Waals surface area contributed by atoms with Gasteiger partial charge in [-0.3, -0.25) is 0 Å². The molecule has 0 heterocycles. The number of hydrogen-bond donors (Lipinski definition) is 0. The van der Waals surface area contributed by atoms with Crippen LogP contribution in [0.2, 0.25) is 0 Å². The molecule has 1 rings (SSSR count). The number of carboxylic acids is 1. The number of benzene rings is 1. The lowest BCUT2D eigenvalue weighted by Gasteiger charge is -2.00. The van der Waals surface area contributed by atoms with Gasteiger partial charge in [0.2, 0.25) is 0 Å². The third-order valence-corrected chi connectivity index (χ3v) is 1.26. The quantitative estimate of drug-likeness (QED) is 0.368. The molecule has 5 nitrogen and oxygen atoms in total. The van der Waals surface area contributed by atoms with Crippen molar-refractivity contribution in [2.45, 2.75) is 0 Å². The second-order valence-electron chi connectivity index (χ2n) is 2.02. The molecule has 0 aliphatic rings. The first-order valence-corrected chi connectivity index (χ1v) is 3.10. The zero-order valence-electron chi connectivity index (χ0n) is 5.97. The summed E-state index contributed by atoms with van der Waals surface area (Å²) >= 11 is 0. The fourth-order valence-electron chi connectivity index (χ4n) is 0.716. The van der Waals surface area contributed by atoms with Crippen LogP contribution in [-0.4, -0.2) is 5.97 Å². The van der Waals surface area contributed by atoms with Crippen LogP contribution in [0.4, 0.5) is 5.69 Å². The Kier molecular flexibility index (Phi) is 2.30. The normalized spacial score (nSPS) is 8.67. The highest BCUT2D eigenvalue weighted by Crippen LogP contribution is 2.12. The molecule has 0 fully saturated rings. The van der Waals surface area contributed by atoms with E-state index in [2.05, 4.69) is 10.0 Å². The van der Waals surface area contributed by atoms with E-state index in [-0.39, 0.29) is 5.56 Å². The Labute approximate surface area is 67.9 Å². The van der Waals surface area contributed by atoms with Crippen molar-refractivity contribution in [2.75, 3.05) is 0 Å². The van der Waals surface area contributed by atoms with Crippen LogP contribution in [0.25, 0.3) is 10.4 Å². The summed E-state index contributed by atoms with van der Waals surface area (Å²) in [6.07, 6.45) is 0. The highest BCUT2D eigenvalue weighted by molar-refractivity contribution is 5.86. The number of azide groups is 1. The van der Waals surface area contributed by atoms with Crippen molar-refractivity contribution in [3.63, 3.8) is 0 Å². The highest BCUT2D eigenvalue weighted by Gasteiger charge is 1.91. The van der Waals surface area contributed by atoms with E-state index in [4.69, 9.17) is 5.53 Å². The molecule has 1 aromatic carbocycles. The summed E-state index contributed by atoms with van der Waals surface area (Å²) in [5.41, 5.74) is 8.47. The first-order valence-electron chi connectivity index (χ1n) is 3.10. The van der Waals surface area contributed by atoms with Crippen LogP contribution in [0.3, 0.4) is 0 Å². The number of carbonyl (C=O) groups excluding carboxylic acids is 1. The van der Waals surface area contributed by atoms with Gasteiger partial charge in [0.25, 0.3) is 0 Å². The maximum atomic E-state index is 10.3. The lowest BCUT2D eigenvalue weighted by atomic mass is 10.2. The van der Waals surface area contributed by atoms with Crippen molar-refractivity contribution in [2.24, 2.45) is 5.11 Å². The van der Waals surface area contributed by atoms with Crippen molar-refractivity contribution < 1.29 is 9.90 Å². The van der Waals surface area contributed by atoms with Crippen molar-refractivity contribution in [3.8, 4) is 0 Å². The first-order chi connectivity index (χ1) is 5.74. The van der Waals surface area contributed by atoms with Crippen LogP contribution < -0.4 is 5.11 Å². The summed E-state index contributed by atoms with van der Waals surface area (Å²) in [5, 5.41) is 13.5. The summed E-state index contributed by atoms with van der Waals surface area (Å²) in [6.45, 7) is 0. The fourth-order valence-corrected chi connectivity index (χ4v) is 0.716. The zero-order chi connectivity index (χ0) is 8.97. The van der Waals surface area contributed by atoms with Crippen LogP contribution in [0, 0.1) is 0 Å². The molecule has 0 aliphatic carbocycles. The molecule has 0 saturated carbocycles. The SMILES string of the molecule is [N-]=[N+]=Nc1ccc(C(=O)[O-])cc1. The molecular weight excluding hydrogens is 158 g/mol. The molecule has 0 unspecified atom stereocenters. The second kappa shape index (κ2) is 3.41. The molecule has 0 aromatic heterocycles. The standard InChI is InChI=1S/C7H5N3O2/c8-10-9-6-3-1-5(2-4-6)7(11)12/h1-4H,(H,11,12)/p-1. The second-order valence-corrected chi connectivity index (χ2v) is 2.02. The van der Waals surface area contributed by atoms with E-state index in [0.29, 0.717) is 5.69 Å². The van der Waals surface area contributed by atoms with Gasteiger partial charge >= 0.3 is 0 Å². The largest absolute Gasteiger partial charge is 0.545 e. The molecule has 0 aliphatic heterocycles. The van der Waals surface area contributed by atoms with E-state index in [1.807, 2.05) is 0 Å². The Morgan fingerprint density at radius 2 is 2.00 bits per heavy atom. The number of nitrogens with zero attached hydrogens (tertiary/aromatic N) is 3. The Balaban J connectivity index is 3.00. The van der Waals surface area contributed by atoms with Crippen LogP contribution >= 0.6 is 0 Å². The minimum atomic E-state index is -1.25. The van der Waals surface area contributed by atoms with E-state index < -0.39 is 5.97 Å². The third-order valence-electron chi connectivity index (χ3n) is 1.26. The number of hydrogen-bond acceptors (Lipinski definition) is 3. The van der Waals surface area contributed by atoms with Gasteiger partial charge in [0, 0.05) is 10.6 Å². The van der Waals surface area contributed by atoms with E-state index >= 15 is 0 Å². The smallest absolute Gasteiger partial charge is 0.0715 e. The average molecular weight is 162 g/mol. The summed E-state index contributed by atoms with van der Waals surface area (Å²) < 4.78 is 0. The topological polar surface area (TPSA) is 88.9 Å². The minimum Gasteiger partial charge on any atom is -0.545 e. The summed E-state index contributed by atoms with van der Waals surface area (Å²) in [7, 11) is 0. The lowest BCUT2D eigenvalue weighted by molar-refractivity contribution is -0.255. The van der Waals surface area contributed by atoms with Gasteiger partial charge in [-0.15, -0.1) is 0 Å². The first kappa shape index (κ1) is 8.10. The van der Waals surface area contributed by atoms with E-state index in [9.17, 15) is 9.90 Å². The molecule has 0 saturated heterocycles. The average Bonchev–Trinajstić information content (AvgIpc) is 2.06. The lowest BCUT2D eigenvalue weighted by Crippen LogP contribution is -2.21. The summed E-state index contributed by atoms with van der Waals surface area (Å²) in [5.74, 6) is -1.25. The summed E-state index contributed by atoms with van der Waals surface area (Å²) in [4.78, 5) is 12.8. The Bertz CT molecular complexity index is 317. The molecular formula is C7H4N3O2-. The molecule has 12 heavy (non-hydrogen) atoms. The highest BCUT2D eigenvalue weighted by atomic mass is 16.4. The van der Waals surface area contributed by atoms with Gasteiger partial charge in [0.05, 0.1) is 5.97 Å². The molecule has 0 N–H and O–H groups in total. The molecule has 60 valence electrons. The van der Waals surface area contributed by atoms with Gasteiger partial charge < -0.3 is 9.90 Å². The predicted molar refractivity (Wildman–Crippen MR) is 39.6 cm³/mol. The molecule has 0 amide bonds. The number of rotatable bonds is 2. The fraction of sp³-hybridized carbons (Fsp3) is 0. The Hall–Kier alpha value is -2.00. The molecule has 0 spiro atoms. The van der Waals surface area contributed by atoms with Gasteiger partial charge in [-0.2, -0.15) is 0 Å². The van der Waals surface area contributed by atoms with Gasteiger partial charge in [-0.1, -0.05) is 29.4 Å². The van der Waals surface area contributed by atoms with Gasteiger partial charge in [0.1, 0.15) is 0 Å². The van der Waals surface area contributed by atoms with Gasteiger partial charge in [-0.05, 0) is 11.1 Å². The Morgan fingerprint density at radius 3 is 2.42 bits per heavy atom. The molecule has 0 atom stereocenters. The molecule has 0 bridgehead atoms. The number of carbonyl (C=O) groups is 1. The summed E-state index contributed by atoms with van der Waals surface area (Å²) in [6, 6.07) is 5.45. The van der Waals surface area contributed by atoms with Gasteiger partial charge in [0.15, 0.2) is 0 Å². The van der Waals surface area contributed by atoms with Crippen LogP contribution in [-0.2, 0) is 0 Å². The van der Waals surface area contributed by atoms with Crippen LogP contribution in [0.1, 0.15) is 10.4 Å². The van der Waals surface area contributed by atoms with Crippen molar-refractivity contribution in [3.05, 3.63) is 40.3 Å². The van der Waals surface area contributed by atoms with Crippen LogP contribution in [0.15, 0.2) is 29.4 Å². The van der Waals surface area contributed by atoms with Crippen molar-refractivity contribution in [1.82, 2.24) is 0 Å². The number of aromatic carboxylic acids is 1. The predicted octanol–water partition coefficient (Wildman–Crippen LogP) is 0.992. The van der Waals surface area contributed by atoms with E-state index in [1.54, 1.807) is 0 Å². The molecule has 5 heteroatoms. The van der Waals surface area contributed by atoms with Crippen molar-refractivity contribution >= 4 is 11.7 Å². The van der Waals surface area contributed by atoms with Crippen molar-refractivity contribution in [1.29, 1.82) is 0 Å². The van der Waals surface area contributed by atoms with Crippen LogP contribution in [0.5, 0.6) is 0 Å². The maximum absolute atomic E-state index is 10.3. The third kappa shape index (κ3) is 1.74. The molecule has 0 radical (unpaired) electrons. The maximum Gasteiger partial charge on any atom is 0.0715 e. The minimum absolute atomic E-state index is 0.0619. The molecule has 1 aromatic rings. The zero-order valence-corrected chi connectivity index (χ0v) is 5.97. The van der Waals surface area contributed by atoms with E-state index in [1.165, 1.54) is 24.3 Å². The Morgan fingerprint density at radius 1 is 1.42 bits per heavy atom. The van der Waals surface area contributed by atoms with E-state index in [0.717, 1.165) is 0 Å². The number of carboxylic acid groups (broad SMARTS) is 1. The van der Waals surface area contributed by atoms with Gasteiger partial charge in [-0.25, -0.2) is 0 Å².